The number of hydrogen-bond acceptors (Lipinski definition) is 5. The van der Waals surface area contributed by atoms with Crippen molar-refractivity contribution >= 4 is 10.8 Å². The van der Waals surface area contributed by atoms with Crippen LogP contribution in [0.15, 0.2) is 29.2 Å². The van der Waals surface area contributed by atoms with E-state index in [0.717, 1.165) is 31.1 Å². The number of aliphatic hydroxyl groups excluding tert-OH is 1. The summed E-state index contributed by atoms with van der Waals surface area (Å²) in [6, 6.07) is 7.35. The Morgan fingerprint density at radius 1 is 1.16 bits per heavy atom. The fourth-order valence-corrected chi connectivity index (χ4v) is 3.81. The van der Waals surface area contributed by atoms with Crippen molar-refractivity contribution in [2.24, 2.45) is 0 Å². The van der Waals surface area contributed by atoms with Crippen LogP contribution in [0.1, 0.15) is 34.6 Å². The van der Waals surface area contributed by atoms with Crippen LogP contribution in [0.3, 0.4) is 0 Å². The van der Waals surface area contributed by atoms with Crippen molar-refractivity contribution in [3.8, 4) is 5.75 Å². The minimum absolute atomic E-state index is 0.291. The van der Waals surface area contributed by atoms with Gasteiger partial charge in [0.05, 0.1) is 10.8 Å². The largest absolute Gasteiger partial charge is 0.485 e. The number of rotatable bonds is 6. The molecule has 1 aliphatic rings. The zero-order valence-electron chi connectivity index (χ0n) is 16.0. The van der Waals surface area contributed by atoms with E-state index in [2.05, 4.69) is 10.2 Å². The van der Waals surface area contributed by atoms with Gasteiger partial charge in [-0.2, -0.15) is 0 Å². The van der Waals surface area contributed by atoms with Crippen molar-refractivity contribution in [3.05, 3.63) is 24.3 Å². The molecule has 0 aromatic heterocycles. The molecule has 1 aromatic carbocycles. The van der Waals surface area contributed by atoms with Gasteiger partial charge in [-0.1, -0.05) is 0 Å². The van der Waals surface area contributed by atoms with E-state index >= 15 is 0 Å². The molecular formula is C19H32N2O3S. The third kappa shape index (κ3) is 5.78. The Balaban J connectivity index is 1.98. The van der Waals surface area contributed by atoms with Crippen LogP contribution in [-0.2, 0) is 10.8 Å². The van der Waals surface area contributed by atoms with Crippen molar-refractivity contribution in [3.63, 3.8) is 0 Å². The number of β-amino-alcohol motifs (C(OH)–C–C–N with tert-alkyl or cyclic N) is 1. The topological polar surface area (TPSA) is 61.8 Å². The highest BCUT2D eigenvalue weighted by molar-refractivity contribution is 7.86. The van der Waals surface area contributed by atoms with Gasteiger partial charge in [0.1, 0.15) is 17.5 Å². The summed E-state index contributed by atoms with van der Waals surface area (Å²) in [6.45, 7) is 14.1. The number of ether oxygens (including phenoxy) is 1. The summed E-state index contributed by atoms with van der Waals surface area (Å²) in [6.07, 6.45) is -0.589. The summed E-state index contributed by atoms with van der Waals surface area (Å²) in [5.74, 6) is 0.680. The Kier molecular flexibility index (Phi) is 6.65. The van der Waals surface area contributed by atoms with E-state index in [0.29, 0.717) is 12.3 Å². The number of aliphatic hydroxyl groups is 1. The molecule has 1 heterocycles. The lowest BCUT2D eigenvalue weighted by atomic mass is 10.0. The third-order valence-corrected chi connectivity index (χ3v) is 6.23. The molecule has 0 spiro atoms. The first-order valence-corrected chi connectivity index (χ1v) is 10.1. The highest BCUT2D eigenvalue weighted by Gasteiger charge is 2.32. The van der Waals surface area contributed by atoms with E-state index in [-0.39, 0.29) is 4.75 Å². The lowest BCUT2D eigenvalue weighted by Crippen LogP contribution is -2.52. The van der Waals surface area contributed by atoms with Crippen LogP contribution in [-0.4, -0.2) is 63.4 Å². The zero-order valence-corrected chi connectivity index (χ0v) is 16.9. The minimum Gasteiger partial charge on any atom is -0.485 e. The molecule has 1 saturated heterocycles. The Hall–Kier alpha value is -0.950. The van der Waals surface area contributed by atoms with Gasteiger partial charge in [-0.25, -0.2) is 0 Å². The number of nitrogens with zero attached hydrogens (tertiary/aromatic N) is 1. The van der Waals surface area contributed by atoms with E-state index in [1.54, 1.807) is 0 Å². The predicted molar refractivity (Wildman–Crippen MR) is 103 cm³/mol. The average molecular weight is 369 g/mol. The Bertz CT molecular complexity index is 575. The zero-order chi connectivity index (χ0) is 18.7. The lowest BCUT2D eigenvalue weighted by molar-refractivity contribution is -0.0456. The van der Waals surface area contributed by atoms with Crippen LogP contribution in [0, 0.1) is 0 Å². The van der Waals surface area contributed by atoms with Crippen LogP contribution in [0.4, 0.5) is 0 Å². The molecule has 25 heavy (non-hydrogen) atoms. The van der Waals surface area contributed by atoms with Gasteiger partial charge in [0.15, 0.2) is 0 Å². The van der Waals surface area contributed by atoms with Gasteiger partial charge >= 0.3 is 0 Å². The maximum atomic E-state index is 12.4. The number of benzene rings is 1. The second-order valence-electron chi connectivity index (χ2n) is 8.12. The molecule has 142 valence electrons. The maximum Gasteiger partial charge on any atom is 0.130 e. The molecule has 1 aromatic rings. The molecule has 0 saturated carbocycles. The van der Waals surface area contributed by atoms with Crippen molar-refractivity contribution < 1.29 is 14.1 Å². The minimum atomic E-state index is -1.06. The molecule has 1 aliphatic heterocycles. The summed E-state index contributed by atoms with van der Waals surface area (Å²) < 4.78 is 18.2. The summed E-state index contributed by atoms with van der Waals surface area (Å²) in [5, 5.41) is 13.9. The average Bonchev–Trinajstić information content (AvgIpc) is 2.54. The van der Waals surface area contributed by atoms with Crippen molar-refractivity contribution in [1.82, 2.24) is 10.2 Å². The molecule has 2 rings (SSSR count). The van der Waals surface area contributed by atoms with Gasteiger partial charge in [0.25, 0.3) is 0 Å². The van der Waals surface area contributed by atoms with Crippen LogP contribution >= 0.6 is 0 Å². The van der Waals surface area contributed by atoms with Gasteiger partial charge in [-0.05, 0) is 58.9 Å². The fraction of sp³-hybridized carbons (Fsp3) is 0.684. The molecule has 0 radical (unpaired) electrons. The van der Waals surface area contributed by atoms with Gasteiger partial charge in [0.2, 0.25) is 0 Å². The standard InChI is InChI=1S/C19H32N2O3S/c1-18(2,3)25(23)16-8-6-15(7-9-16)24-19(4,5)17(22)14-21-12-10-20-11-13-21/h6-9,17,20,22H,10-14H2,1-5H3. The van der Waals surface area contributed by atoms with E-state index in [1.807, 2.05) is 58.9 Å². The Labute approximate surface area is 154 Å². The van der Waals surface area contributed by atoms with Crippen LogP contribution in [0.25, 0.3) is 0 Å². The molecule has 2 N–H and O–H groups in total. The Morgan fingerprint density at radius 2 is 1.72 bits per heavy atom. The highest BCUT2D eigenvalue weighted by atomic mass is 32.2. The first-order chi connectivity index (χ1) is 11.6. The first kappa shape index (κ1) is 20.4. The SMILES string of the molecule is CC(C)(Oc1ccc(S(=O)C(C)(C)C)cc1)C(O)CN1CCNCC1. The summed E-state index contributed by atoms with van der Waals surface area (Å²) in [5.41, 5.74) is -0.699. The smallest absolute Gasteiger partial charge is 0.130 e. The molecule has 5 nitrogen and oxygen atoms in total. The van der Waals surface area contributed by atoms with E-state index < -0.39 is 22.5 Å². The maximum absolute atomic E-state index is 12.4. The quantitative estimate of drug-likeness (QED) is 0.804. The van der Waals surface area contributed by atoms with Gasteiger partial charge in [-0.3, -0.25) is 9.11 Å². The molecule has 2 atom stereocenters. The van der Waals surface area contributed by atoms with Crippen molar-refractivity contribution in [2.75, 3.05) is 32.7 Å². The fourth-order valence-electron chi connectivity index (χ4n) is 2.71. The number of hydrogen-bond donors (Lipinski definition) is 2. The van der Waals surface area contributed by atoms with E-state index in [9.17, 15) is 9.32 Å². The summed E-state index contributed by atoms with van der Waals surface area (Å²) in [4.78, 5) is 3.04. The van der Waals surface area contributed by atoms with E-state index in [1.165, 1.54) is 0 Å². The van der Waals surface area contributed by atoms with Crippen LogP contribution in [0.2, 0.25) is 0 Å². The number of piperazine rings is 1. The highest BCUT2D eigenvalue weighted by Crippen LogP contribution is 2.26. The third-order valence-electron chi connectivity index (χ3n) is 4.42. The first-order valence-electron chi connectivity index (χ1n) is 8.92. The summed E-state index contributed by atoms with van der Waals surface area (Å²) >= 11 is 0. The normalized spacial score (nSPS) is 19.4. The van der Waals surface area contributed by atoms with Gasteiger partial charge in [0, 0.05) is 42.4 Å². The molecule has 0 amide bonds. The van der Waals surface area contributed by atoms with Gasteiger partial charge < -0.3 is 15.2 Å². The molecular weight excluding hydrogens is 336 g/mol. The molecule has 6 heteroatoms. The van der Waals surface area contributed by atoms with Crippen molar-refractivity contribution in [2.45, 2.75) is 56.0 Å². The molecule has 2 unspecified atom stereocenters. The van der Waals surface area contributed by atoms with Crippen LogP contribution < -0.4 is 10.1 Å². The lowest BCUT2D eigenvalue weighted by Gasteiger charge is -2.36. The predicted octanol–water partition coefficient (Wildman–Crippen LogP) is 2.02. The van der Waals surface area contributed by atoms with E-state index in [4.69, 9.17) is 4.74 Å². The summed E-state index contributed by atoms with van der Waals surface area (Å²) in [7, 11) is -1.06. The monoisotopic (exact) mass is 368 g/mol. The number of nitrogens with one attached hydrogen (secondary N) is 1. The second-order valence-corrected chi connectivity index (χ2v) is 10.4. The second kappa shape index (κ2) is 8.16. The van der Waals surface area contributed by atoms with Crippen molar-refractivity contribution in [1.29, 1.82) is 0 Å². The molecule has 0 aliphatic carbocycles. The van der Waals surface area contributed by atoms with Gasteiger partial charge in [-0.15, -0.1) is 0 Å². The molecule has 0 bridgehead atoms. The Morgan fingerprint density at radius 3 is 2.24 bits per heavy atom. The van der Waals surface area contributed by atoms with Crippen LogP contribution in [0.5, 0.6) is 5.75 Å². The molecule has 1 fully saturated rings.